The predicted octanol–water partition coefficient (Wildman–Crippen LogP) is 1.27. The van der Waals surface area contributed by atoms with Crippen LogP contribution in [-0.4, -0.2) is 48.9 Å². The Hall–Kier alpha value is -0.245. The van der Waals surface area contributed by atoms with Gasteiger partial charge in [0.1, 0.15) is 7.85 Å². The van der Waals surface area contributed by atoms with Gasteiger partial charge in [0.05, 0.1) is 12.1 Å². The maximum atomic E-state index is 5.45. The lowest BCUT2D eigenvalue weighted by atomic mass is 9.65. The summed E-state index contributed by atoms with van der Waals surface area (Å²) in [6, 6.07) is 1.30. The zero-order chi connectivity index (χ0) is 11.2. The molecule has 0 bridgehead atoms. The molecule has 15 heavy (non-hydrogen) atoms. The largest absolute Gasteiger partial charge is 0.347 e. The Morgan fingerprint density at radius 3 is 2.60 bits per heavy atom. The molecular weight excluding hydrogens is 203 g/mol. The van der Waals surface area contributed by atoms with Crippen LogP contribution >= 0.6 is 12.2 Å². The van der Waals surface area contributed by atoms with Gasteiger partial charge in [0.25, 0.3) is 0 Å². The van der Waals surface area contributed by atoms with Gasteiger partial charge in [0, 0.05) is 14.1 Å². The highest BCUT2D eigenvalue weighted by Gasteiger charge is 2.43. The number of rotatable bonds is 0. The molecule has 84 valence electrons. The predicted molar refractivity (Wildman–Crippen MR) is 71.1 cm³/mol. The summed E-state index contributed by atoms with van der Waals surface area (Å²) in [7, 11) is 6.71. The minimum atomic E-state index is 0.481. The number of fused-ring (bicyclic) bond motifs is 1. The number of thiocarbonyl (C=S) groups is 1. The van der Waals surface area contributed by atoms with Crippen LogP contribution in [0.3, 0.4) is 0 Å². The van der Waals surface area contributed by atoms with Crippen LogP contribution in [0.2, 0.25) is 5.31 Å². The molecule has 3 atom stereocenters. The summed E-state index contributed by atoms with van der Waals surface area (Å²) in [5, 5.41) is 1.51. The van der Waals surface area contributed by atoms with Crippen LogP contribution in [-0.2, 0) is 0 Å². The van der Waals surface area contributed by atoms with Gasteiger partial charge < -0.3 is 9.80 Å². The lowest BCUT2D eigenvalue weighted by Gasteiger charge is -2.30. The summed E-state index contributed by atoms with van der Waals surface area (Å²) in [5.74, 6) is 0. The van der Waals surface area contributed by atoms with Gasteiger partial charge in [-0.1, -0.05) is 25.1 Å². The summed E-state index contributed by atoms with van der Waals surface area (Å²) in [6.07, 6.45) is 5.27. The normalized spacial score (nSPS) is 41.7. The third-order valence-corrected chi connectivity index (χ3v) is 4.73. The van der Waals surface area contributed by atoms with Crippen molar-refractivity contribution in [3.8, 4) is 0 Å². The second-order valence-electron chi connectivity index (χ2n) is 5.90. The second-order valence-corrected chi connectivity index (χ2v) is 6.26. The molecule has 4 heteroatoms. The smallest absolute Gasteiger partial charge is 0.171 e. The van der Waals surface area contributed by atoms with Crippen molar-refractivity contribution in [1.82, 2.24) is 9.80 Å². The Morgan fingerprint density at radius 1 is 1.33 bits per heavy atom. The standard InChI is InChI=1S/C11H21BN2S/c1-11(12)6-4-5-8-9(7-11)14(3)10(15)13(8)2/h8-9H,4-7,12H2,1-3H3. The SMILES string of the molecule is BC1(C)CCCC2C(C1)N(C)C(=S)N2C. The zero-order valence-corrected chi connectivity index (χ0v) is 11.1. The minimum absolute atomic E-state index is 0.481. The van der Waals surface area contributed by atoms with Crippen LogP contribution in [0.15, 0.2) is 0 Å². The highest BCUT2D eigenvalue weighted by Crippen LogP contribution is 2.42. The Balaban J connectivity index is 2.23. The molecule has 1 saturated heterocycles. The van der Waals surface area contributed by atoms with E-state index in [1.807, 2.05) is 0 Å². The molecule has 0 N–H and O–H groups in total. The molecular formula is C11H21BN2S. The molecule has 2 rings (SSSR count). The van der Waals surface area contributed by atoms with E-state index in [2.05, 4.69) is 38.7 Å². The summed E-state index contributed by atoms with van der Waals surface area (Å²) in [6.45, 7) is 2.39. The van der Waals surface area contributed by atoms with Gasteiger partial charge in [-0.05, 0) is 25.1 Å². The van der Waals surface area contributed by atoms with E-state index in [1.165, 1.54) is 25.7 Å². The van der Waals surface area contributed by atoms with Crippen molar-refractivity contribution in [2.45, 2.75) is 50.0 Å². The van der Waals surface area contributed by atoms with Crippen molar-refractivity contribution in [3.63, 3.8) is 0 Å². The van der Waals surface area contributed by atoms with E-state index >= 15 is 0 Å². The van der Waals surface area contributed by atoms with Crippen molar-refractivity contribution in [2.75, 3.05) is 14.1 Å². The average molecular weight is 224 g/mol. The van der Waals surface area contributed by atoms with Crippen LogP contribution < -0.4 is 0 Å². The summed E-state index contributed by atoms with van der Waals surface area (Å²) in [5.41, 5.74) is 0. The first kappa shape index (κ1) is 11.2. The first-order valence-electron chi connectivity index (χ1n) is 5.92. The van der Waals surface area contributed by atoms with E-state index in [4.69, 9.17) is 12.2 Å². The van der Waals surface area contributed by atoms with Gasteiger partial charge in [0.15, 0.2) is 5.11 Å². The summed E-state index contributed by atoms with van der Waals surface area (Å²) >= 11 is 5.45. The summed E-state index contributed by atoms with van der Waals surface area (Å²) in [4.78, 5) is 4.62. The molecule has 1 aliphatic carbocycles. The molecule has 0 aromatic rings. The third-order valence-electron chi connectivity index (χ3n) is 4.16. The number of likely N-dealkylation sites (N-methyl/N-ethyl adjacent to an activating group) is 2. The Morgan fingerprint density at radius 2 is 1.93 bits per heavy atom. The van der Waals surface area contributed by atoms with E-state index in [-0.39, 0.29) is 0 Å². The van der Waals surface area contributed by atoms with Crippen molar-refractivity contribution < 1.29 is 0 Å². The fourth-order valence-electron chi connectivity index (χ4n) is 3.17. The first-order valence-corrected chi connectivity index (χ1v) is 6.33. The molecule has 3 unspecified atom stereocenters. The molecule has 1 aliphatic heterocycles. The number of nitrogens with zero attached hydrogens (tertiary/aromatic N) is 2. The minimum Gasteiger partial charge on any atom is -0.347 e. The van der Waals surface area contributed by atoms with Crippen LogP contribution in [0.25, 0.3) is 0 Å². The maximum absolute atomic E-state index is 5.45. The van der Waals surface area contributed by atoms with Gasteiger partial charge in [0.2, 0.25) is 0 Å². The van der Waals surface area contributed by atoms with E-state index in [0.29, 0.717) is 17.4 Å². The molecule has 0 aromatic heterocycles. The molecule has 0 radical (unpaired) electrons. The summed E-state index contributed by atoms with van der Waals surface area (Å²) < 4.78 is 0. The van der Waals surface area contributed by atoms with Gasteiger partial charge >= 0.3 is 0 Å². The average Bonchev–Trinajstić information content (AvgIpc) is 2.35. The maximum Gasteiger partial charge on any atom is 0.171 e. The van der Waals surface area contributed by atoms with Crippen molar-refractivity contribution in [2.24, 2.45) is 0 Å². The number of hydrogen-bond acceptors (Lipinski definition) is 1. The Labute approximate surface area is 99.4 Å². The lowest BCUT2D eigenvalue weighted by molar-refractivity contribution is 0.280. The first-order chi connectivity index (χ1) is 6.92. The Kier molecular flexibility index (Phi) is 2.74. The molecule has 0 aromatic carbocycles. The fraction of sp³-hybridized carbons (Fsp3) is 0.909. The zero-order valence-electron chi connectivity index (χ0n) is 10.3. The molecule has 0 amide bonds. The molecule has 2 nitrogen and oxygen atoms in total. The topological polar surface area (TPSA) is 6.48 Å². The molecule has 1 saturated carbocycles. The van der Waals surface area contributed by atoms with E-state index in [9.17, 15) is 0 Å². The third kappa shape index (κ3) is 1.88. The van der Waals surface area contributed by atoms with Crippen molar-refractivity contribution >= 4 is 25.2 Å². The molecule has 2 fully saturated rings. The van der Waals surface area contributed by atoms with Gasteiger partial charge in [-0.25, -0.2) is 0 Å². The van der Waals surface area contributed by atoms with E-state index in [1.54, 1.807) is 0 Å². The quantitative estimate of drug-likeness (QED) is 0.452. The van der Waals surface area contributed by atoms with Crippen LogP contribution in [0.5, 0.6) is 0 Å². The van der Waals surface area contributed by atoms with E-state index in [0.717, 1.165) is 5.11 Å². The highest BCUT2D eigenvalue weighted by molar-refractivity contribution is 7.80. The van der Waals surface area contributed by atoms with Crippen molar-refractivity contribution in [1.29, 1.82) is 0 Å². The number of hydrogen-bond donors (Lipinski definition) is 0. The molecule has 0 spiro atoms. The van der Waals surface area contributed by atoms with E-state index < -0.39 is 0 Å². The molecule has 1 heterocycles. The fourth-order valence-corrected chi connectivity index (χ4v) is 3.44. The van der Waals surface area contributed by atoms with Gasteiger partial charge in [-0.15, -0.1) is 0 Å². The van der Waals surface area contributed by atoms with Crippen molar-refractivity contribution in [3.05, 3.63) is 0 Å². The Bertz CT molecular complexity index is 280. The van der Waals surface area contributed by atoms with Crippen LogP contribution in [0.4, 0.5) is 0 Å². The monoisotopic (exact) mass is 224 g/mol. The highest BCUT2D eigenvalue weighted by atomic mass is 32.1. The van der Waals surface area contributed by atoms with Gasteiger partial charge in [-0.3, -0.25) is 0 Å². The lowest BCUT2D eigenvalue weighted by Crippen LogP contribution is -2.35. The second kappa shape index (κ2) is 3.65. The van der Waals surface area contributed by atoms with Crippen LogP contribution in [0.1, 0.15) is 32.6 Å². The van der Waals surface area contributed by atoms with Gasteiger partial charge in [-0.2, -0.15) is 0 Å². The molecule has 2 aliphatic rings. The van der Waals surface area contributed by atoms with Crippen LogP contribution in [0, 0.1) is 0 Å².